The van der Waals surface area contributed by atoms with Gasteiger partial charge in [-0.25, -0.2) is 4.98 Å². The molecule has 2 aromatic rings. The van der Waals surface area contributed by atoms with Crippen molar-refractivity contribution < 1.29 is 4.74 Å². The van der Waals surface area contributed by atoms with Gasteiger partial charge in [0.1, 0.15) is 11.6 Å². The van der Waals surface area contributed by atoms with E-state index in [0.29, 0.717) is 6.61 Å². The molecule has 0 amide bonds. The van der Waals surface area contributed by atoms with E-state index < -0.39 is 0 Å². The molecule has 0 bridgehead atoms. The SMILES string of the molecule is CCOc1ccccc1CNCc1ncc[nH]1. The minimum atomic E-state index is 0.690. The van der Waals surface area contributed by atoms with Crippen molar-refractivity contribution in [3.8, 4) is 5.75 Å². The number of rotatable bonds is 6. The number of H-pyrrole nitrogens is 1. The van der Waals surface area contributed by atoms with Gasteiger partial charge in [-0.2, -0.15) is 0 Å². The van der Waals surface area contributed by atoms with Gasteiger partial charge in [-0.05, 0) is 13.0 Å². The van der Waals surface area contributed by atoms with Gasteiger partial charge in [0.25, 0.3) is 0 Å². The number of imidazole rings is 1. The summed E-state index contributed by atoms with van der Waals surface area (Å²) in [5, 5.41) is 3.33. The number of para-hydroxylation sites is 1. The van der Waals surface area contributed by atoms with Crippen molar-refractivity contribution in [1.82, 2.24) is 15.3 Å². The highest BCUT2D eigenvalue weighted by Crippen LogP contribution is 2.17. The average molecular weight is 231 g/mol. The van der Waals surface area contributed by atoms with Gasteiger partial charge in [-0.3, -0.25) is 0 Å². The van der Waals surface area contributed by atoms with Crippen LogP contribution in [0.3, 0.4) is 0 Å². The molecular formula is C13H17N3O. The molecular weight excluding hydrogens is 214 g/mol. The van der Waals surface area contributed by atoms with Crippen LogP contribution in [0.1, 0.15) is 18.3 Å². The largest absolute Gasteiger partial charge is 0.494 e. The minimum Gasteiger partial charge on any atom is -0.494 e. The molecule has 0 radical (unpaired) electrons. The highest BCUT2D eigenvalue weighted by atomic mass is 16.5. The lowest BCUT2D eigenvalue weighted by atomic mass is 10.2. The van der Waals surface area contributed by atoms with Crippen LogP contribution in [0.25, 0.3) is 0 Å². The fraction of sp³-hybridized carbons (Fsp3) is 0.308. The second-order valence-electron chi connectivity index (χ2n) is 3.68. The first kappa shape index (κ1) is 11.7. The third kappa shape index (κ3) is 3.32. The van der Waals surface area contributed by atoms with Crippen molar-refractivity contribution >= 4 is 0 Å². The topological polar surface area (TPSA) is 49.9 Å². The lowest BCUT2D eigenvalue weighted by molar-refractivity contribution is 0.335. The van der Waals surface area contributed by atoms with Crippen LogP contribution in [0, 0.1) is 0 Å². The van der Waals surface area contributed by atoms with Gasteiger partial charge in [0.05, 0.1) is 13.2 Å². The van der Waals surface area contributed by atoms with Crippen LogP contribution in [0.4, 0.5) is 0 Å². The molecule has 0 fully saturated rings. The van der Waals surface area contributed by atoms with E-state index >= 15 is 0 Å². The first-order valence-corrected chi connectivity index (χ1v) is 5.80. The van der Waals surface area contributed by atoms with E-state index in [1.165, 1.54) is 5.56 Å². The first-order chi connectivity index (χ1) is 8.40. The fourth-order valence-corrected chi connectivity index (χ4v) is 1.66. The Balaban J connectivity index is 1.89. The number of hydrogen-bond donors (Lipinski definition) is 2. The highest BCUT2D eigenvalue weighted by Gasteiger charge is 2.02. The quantitative estimate of drug-likeness (QED) is 0.800. The molecule has 0 unspecified atom stereocenters. The molecule has 17 heavy (non-hydrogen) atoms. The summed E-state index contributed by atoms with van der Waals surface area (Å²) in [4.78, 5) is 7.22. The molecule has 2 rings (SSSR count). The molecule has 0 saturated carbocycles. The van der Waals surface area contributed by atoms with E-state index in [1.54, 1.807) is 6.20 Å². The molecule has 1 heterocycles. The first-order valence-electron chi connectivity index (χ1n) is 5.80. The standard InChI is InChI=1S/C13H17N3O/c1-2-17-12-6-4-3-5-11(12)9-14-10-13-15-7-8-16-13/h3-8,14H,2,9-10H2,1H3,(H,15,16). The van der Waals surface area contributed by atoms with Crippen molar-refractivity contribution in [3.05, 3.63) is 48.0 Å². The third-order valence-corrected chi connectivity index (χ3v) is 2.44. The third-order valence-electron chi connectivity index (χ3n) is 2.44. The van der Waals surface area contributed by atoms with Crippen LogP contribution in [0.5, 0.6) is 5.75 Å². The van der Waals surface area contributed by atoms with Crippen molar-refractivity contribution in [3.63, 3.8) is 0 Å². The second kappa shape index (κ2) is 6.06. The number of aromatic nitrogens is 2. The molecule has 1 aromatic carbocycles. The minimum absolute atomic E-state index is 0.690. The summed E-state index contributed by atoms with van der Waals surface area (Å²) >= 11 is 0. The Hall–Kier alpha value is -1.81. The van der Waals surface area contributed by atoms with Gasteiger partial charge in [0, 0.05) is 24.5 Å². The van der Waals surface area contributed by atoms with Gasteiger partial charge in [0.2, 0.25) is 0 Å². The zero-order valence-electron chi connectivity index (χ0n) is 9.94. The monoisotopic (exact) mass is 231 g/mol. The molecule has 0 aliphatic heterocycles. The summed E-state index contributed by atoms with van der Waals surface area (Å²) in [7, 11) is 0. The van der Waals surface area contributed by atoms with Crippen molar-refractivity contribution in [2.75, 3.05) is 6.61 Å². The van der Waals surface area contributed by atoms with Crippen LogP contribution in [-0.4, -0.2) is 16.6 Å². The van der Waals surface area contributed by atoms with Crippen LogP contribution in [0.2, 0.25) is 0 Å². The maximum absolute atomic E-state index is 5.56. The number of hydrogen-bond acceptors (Lipinski definition) is 3. The van der Waals surface area contributed by atoms with Crippen molar-refractivity contribution in [2.45, 2.75) is 20.0 Å². The Morgan fingerprint density at radius 1 is 1.29 bits per heavy atom. The van der Waals surface area contributed by atoms with Gasteiger partial charge in [-0.1, -0.05) is 18.2 Å². The summed E-state index contributed by atoms with van der Waals surface area (Å²) in [5.41, 5.74) is 1.17. The number of benzene rings is 1. The molecule has 0 atom stereocenters. The molecule has 90 valence electrons. The Labute approximate surface area is 101 Å². The number of nitrogens with one attached hydrogen (secondary N) is 2. The lowest BCUT2D eigenvalue weighted by Gasteiger charge is -2.10. The Morgan fingerprint density at radius 3 is 2.94 bits per heavy atom. The van der Waals surface area contributed by atoms with E-state index in [0.717, 1.165) is 24.7 Å². The van der Waals surface area contributed by atoms with Gasteiger partial charge in [-0.15, -0.1) is 0 Å². The van der Waals surface area contributed by atoms with Crippen LogP contribution >= 0.6 is 0 Å². The molecule has 0 saturated heterocycles. The lowest BCUT2D eigenvalue weighted by Crippen LogP contribution is -2.14. The van der Waals surface area contributed by atoms with Crippen LogP contribution in [-0.2, 0) is 13.1 Å². The zero-order chi connectivity index (χ0) is 11.9. The summed E-state index contributed by atoms with van der Waals surface area (Å²) in [6, 6.07) is 8.07. The summed E-state index contributed by atoms with van der Waals surface area (Å²) in [6.45, 7) is 4.19. The fourth-order valence-electron chi connectivity index (χ4n) is 1.66. The zero-order valence-corrected chi connectivity index (χ0v) is 9.94. The molecule has 4 nitrogen and oxygen atoms in total. The molecule has 0 spiro atoms. The van der Waals surface area contributed by atoms with E-state index in [-0.39, 0.29) is 0 Å². The number of nitrogens with zero attached hydrogens (tertiary/aromatic N) is 1. The van der Waals surface area contributed by atoms with E-state index in [9.17, 15) is 0 Å². The predicted octanol–water partition coefficient (Wildman–Crippen LogP) is 2.10. The molecule has 2 N–H and O–H groups in total. The normalized spacial score (nSPS) is 10.4. The molecule has 4 heteroatoms. The van der Waals surface area contributed by atoms with Gasteiger partial charge >= 0.3 is 0 Å². The maximum atomic E-state index is 5.56. The Bertz CT molecular complexity index is 440. The van der Waals surface area contributed by atoms with E-state index in [2.05, 4.69) is 21.4 Å². The van der Waals surface area contributed by atoms with Gasteiger partial charge in [0.15, 0.2) is 0 Å². The molecule has 0 aliphatic rings. The summed E-state index contributed by atoms with van der Waals surface area (Å²) in [6.07, 6.45) is 3.58. The molecule has 0 aliphatic carbocycles. The molecule has 1 aromatic heterocycles. The number of ether oxygens (including phenoxy) is 1. The summed E-state index contributed by atoms with van der Waals surface area (Å²) < 4.78 is 5.56. The number of aromatic amines is 1. The maximum Gasteiger partial charge on any atom is 0.123 e. The predicted molar refractivity (Wildman–Crippen MR) is 66.7 cm³/mol. The van der Waals surface area contributed by atoms with Crippen molar-refractivity contribution in [1.29, 1.82) is 0 Å². The summed E-state index contributed by atoms with van der Waals surface area (Å²) in [5.74, 6) is 1.89. The van der Waals surface area contributed by atoms with Crippen molar-refractivity contribution in [2.24, 2.45) is 0 Å². The van der Waals surface area contributed by atoms with E-state index in [1.807, 2.05) is 31.3 Å². The van der Waals surface area contributed by atoms with Gasteiger partial charge < -0.3 is 15.0 Å². The average Bonchev–Trinajstić information content (AvgIpc) is 2.85. The Morgan fingerprint density at radius 2 is 2.18 bits per heavy atom. The smallest absolute Gasteiger partial charge is 0.123 e. The second-order valence-corrected chi connectivity index (χ2v) is 3.68. The van der Waals surface area contributed by atoms with E-state index in [4.69, 9.17) is 4.74 Å². The highest BCUT2D eigenvalue weighted by molar-refractivity contribution is 5.33. The van der Waals surface area contributed by atoms with Crippen LogP contribution < -0.4 is 10.1 Å². The Kier molecular flexibility index (Phi) is 4.16. The van der Waals surface area contributed by atoms with Crippen LogP contribution in [0.15, 0.2) is 36.7 Å².